The van der Waals surface area contributed by atoms with Crippen LogP contribution in [0.5, 0.6) is 0 Å². The van der Waals surface area contributed by atoms with Gasteiger partial charge in [-0.1, -0.05) is 45.4 Å². The van der Waals surface area contributed by atoms with Crippen LogP contribution >= 0.6 is 8.58 Å². The molecule has 82 valence electrons. The summed E-state index contributed by atoms with van der Waals surface area (Å²) >= 11 is 0. The molecule has 1 heterocycles. The maximum Gasteiger partial charge on any atom is 0.00284 e. The van der Waals surface area contributed by atoms with Crippen molar-refractivity contribution in [1.82, 2.24) is 0 Å². The van der Waals surface area contributed by atoms with E-state index in [9.17, 15) is 0 Å². The topological polar surface area (TPSA) is 0 Å². The molecule has 1 heteroatoms. The molecule has 1 rings (SSSR count). The molecule has 0 saturated carbocycles. The van der Waals surface area contributed by atoms with Gasteiger partial charge < -0.3 is 0 Å². The van der Waals surface area contributed by atoms with Gasteiger partial charge in [0.15, 0.2) is 0 Å². The molecule has 1 aliphatic rings. The van der Waals surface area contributed by atoms with E-state index in [2.05, 4.69) is 58.9 Å². The number of allylic oxidation sites excluding steroid dienone is 8. The Balaban J connectivity index is 2.94. The molecule has 0 spiro atoms. The molecule has 0 bridgehead atoms. The summed E-state index contributed by atoms with van der Waals surface area (Å²) in [5, 5.41) is 1.65. The van der Waals surface area contributed by atoms with Crippen LogP contribution in [-0.2, 0) is 0 Å². The first-order valence-electron chi connectivity index (χ1n) is 5.51. The van der Waals surface area contributed by atoms with Gasteiger partial charge in [-0.3, -0.25) is 0 Å². The summed E-state index contributed by atoms with van der Waals surface area (Å²) in [6, 6.07) is 0. The zero-order valence-corrected chi connectivity index (χ0v) is 11.4. The Bertz CT molecular complexity index is 350. The van der Waals surface area contributed by atoms with Crippen LogP contribution in [0.4, 0.5) is 0 Å². The lowest BCUT2D eigenvalue weighted by Gasteiger charge is -2.01. The van der Waals surface area contributed by atoms with Crippen molar-refractivity contribution in [2.45, 2.75) is 40.3 Å². The van der Waals surface area contributed by atoms with Gasteiger partial charge in [0.1, 0.15) is 0 Å². The maximum atomic E-state index is 2.31. The molecule has 2 atom stereocenters. The van der Waals surface area contributed by atoms with Crippen molar-refractivity contribution in [3.8, 4) is 0 Å². The van der Waals surface area contributed by atoms with Crippen molar-refractivity contribution in [2.75, 3.05) is 0 Å². The Morgan fingerprint density at radius 1 is 1.20 bits per heavy atom. The van der Waals surface area contributed by atoms with Gasteiger partial charge in [0.2, 0.25) is 0 Å². The first kappa shape index (κ1) is 12.5. The lowest BCUT2D eigenvalue weighted by atomic mass is 10.1. The second-order valence-corrected chi connectivity index (χ2v) is 5.96. The van der Waals surface area contributed by atoms with Crippen LogP contribution in [0.25, 0.3) is 0 Å². The van der Waals surface area contributed by atoms with Gasteiger partial charge in [0.25, 0.3) is 0 Å². The summed E-state index contributed by atoms with van der Waals surface area (Å²) in [5.41, 5.74) is 5.04. The summed E-state index contributed by atoms with van der Waals surface area (Å²) < 4.78 is 0. The fourth-order valence-electron chi connectivity index (χ4n) is 1.52. The average Bonchev–Trinajstić information content (AvgIpc) is 2.88. The molecule has 0 radical (unpaired) electrons. The van der Waals surface area contributed by atoms with E-state index in [-0.39, 0.29) is 0 Å². The fraction of sp³-hybridized carbons (Fsp3) is 0.429. The second-order valence-electron chi connectivity index (χ2n) is 4.27. The van der Waals surface area contributed by atoms with E-state index >= 15 is 0 Å². The molecule has 1 aliphatic heterocycles. The summed E-state index contributed by atoms with van der Waals surface area (Å²) in [4.78, 5) is 0. The smallest absolute Gasteiger partial charge is 0.00284 e. The van der Waals surface area contributed by atoms with Gasteiger partial charge in [-0.15, -0.1) is 0 Å². The van der Waals surface area contributed by atoms with Gasteiger partial charge in [0.05, 0.1) is 0 Å². The first-order valence-corrected chi connectivity index (χ1v) is 6.59. The molecular weight excluding hydrogens is 199 g/mol. The Morgan fingerprint density at radius 3 is 2.20 bits per heavy atom. The zero-order chi connectivity index (χ0) is 11.4. The molecule has 0 aromatic rings. The van der Waals surface area contributed by atoms with E-state index in [1.165, 1.54) is 16.7 Å². The van der Waals surface area contributed by atoms with E-state index in [0.717, 1.165) is 14.2 Å². The number of hydrogen-bond donors (Lipinski definition) is 0. The van der Waals surface area contributed by atoms with Crippen molar-refractivity contribution in [3.05, 3.63) is 46.3 Å². The minimum absolute atomic E-state index is 0.838. The lowest BCUT2D eigenvalue weighted by Crippen LogP contribution is -1.83. The van der Waals surface area contributed by atoms with E-state index in [0.29, 0.717) is 0 Å². The third-order valence-electron chi connectivity index (χ3n) is 2.50. The normalized spacial score (nSPS) is 25.9. The zero-order valence-electron chi connectivity index (χ0n) is 10.4. The molecule has 0 nitrogen and oxygen atoms in total. The summed E-state index contributed by atoms with van der Waals surface area (Å²) in [7, 11) is 1.06. The molecule has 0 aliphatic carbocycles. The predicted octanol–water partition coefficient (Wildman–Crippen LogP) is 4.81. The van der Waals surface area contributed by atoms with Crippen molar-refractivity contribution in [2.24, 2.45) is 0 Å². The van der Waals surface area contributed by atoms with Gasteiger partial charge in [-0.05, 0) is 44.2 Å². The molecule has 0 aromatic heterocycles. The highest BCUT2D eigenvalue weighted by Gasteiger charge is 2.26. The minimum atomic E-state index is 0.838. The SMILES string of the molecule is C/C=C\C(=C/C=C(C)C)C(C)=C1PC1C. The number of rotatable bonds is 3. The molecule has 0 aromatic carbocycles. The Hall–Kier alpha value is -0.610. The standard InChI is InChI=1S/C14H21P/c1-6-7-13(9-8-10(2)3)11(4)14-12(5)15-14/h6-9,12,15H,1-5H3/b7-6-,13-9+,14-11?. The Labute approximate surface area is 95.6 Å². The van der Waals surface area contributed by atoms with Crippen LogP contribution in [0.1, 0.15) is 34.6 Å². The monoisotopic (exact) mass is 220 g/mol. The highest BCUT2D eigenvalue weighted by Crippen LogP contribution is 2.56. The molecule has 0 amide bonds. The first-order chi connectivity index (χ1) is 7.06. The Kier molecular flexibility index (Phi) is 4.54. The summed E-state index contributed by atoms with van der Waals surface area (Å²) in [6.07, 6.45) is 8.74. The molecule has 2 unspecified atom stereocenters. The minimum Gasteiger partial charge on any atom is -0.0871 e. The average molecular weight is 220 g/mol. The molecular formula is C14H21P. The van der Waals surface area contributed by atoms with Gasteiger partial charge in [-0.25, -0.2) is 0 Å². The highest BCUT2D eigenvalue weighted by molar-refractivity contribution is 7.54. The molecule has 1 fully saturated rings. The van der Waals surface area contributed by atoms with Crippen molar-refractivity contribution < 1.29 is 0 Å². The summed E-state index contributed by atoms with van der Waals surface area (Å²) in [5.74, 6) is 0. The highest BCUT2D eigenvalue weighted by atomic mass is 31.1. The van der Waals surface area contributed by atoms with E-state index in [1.54, 1.807) is 5.31 Å². The predicted molar refractivity (Wildman–Crippen MR) is 72.8 cm³/mol. The van der Waals surface area contributed by atoms with Crippen LogP contribution in [0.15, 0.2) is 46.3 Å². The van der Waals surface area contributed by atoms with Crippen LogP contribution in [0.3, 0.4) is 0 Å². The molecule has 0 N–H and O–H groups in total. The van der Waals surface area contributed by atoms with E-state index < -0.39 is 0 Å². The van der Waals surface area contributed by atoms with Crippen molar-refractivity contribution in [1.29, 1.82) is 0 Å². The van der Waals surface area contributed by atoms with Crippen LogP contribution in [0, 0.1) is 0 Å². The van der Waals surface area contributed by atoms with Crippen molar-refractivity contribution >= 4 is 8.58 Å². The van der Waals surface area contributed by atoms with Gasteiger partial charge >= 0.3 is 0 Å². The lowest BCUT2D eigenvalue weighted by molar-refractivity contribution is 1.26. The largest absolute Gasteiger partial charge is 0.0871 e. The van der Waals surface area contributed by atoms with E-state index in [1.807, 2.05) is 0 Å². The quantitative estimate of drug-likeness (QED) is 0.473. The van der Waals surface area contributed by atoms with Gasteiger partial charge in [0, 0.05) is 5.66 Å². The Morgan fingerprint density at radius 2 is 1.80 bits per heavy atom. The fourth-order valence-corrected chi connectivity index (χ4v) is 2.48. The van der Waals surface area contributed by atoms with E-state index in [4.69, 9.17) is 0 Å². The summed E-state index contributed by atoms with van der Waals surface area (Å²) in [6.45, 7) is 10.9. The number of hydrogen-bond acceptors (Lipinski definition) is 0. The third-order valence-corrected chi connectivity index (χ3v) is 4.03. The van der Waals surface area contributed by atoms with Crippen molar-refractivity contribution in [3.63, 3.8) is 0 Å². The maximum absolute atomic E-state index is 2.31. The van der Waals surface area contributed by atoms with Crippen LogP contribution < -0.4 is 0 Å². The third kappa shape index (κ3) is 3.80. The van der Waals surface area contributed by atoms with Crippen LogP contribution in [-0.4, -0.2) is 5.66 Å². The molecule has 15 heavy (non-hydrogen) atoms. The molecule has 1 saturated heterocycles. The van der Waals surface area contributed by atoms with Crippen LogP contribution in [0.2, 0.25) is 0 Å². The van der Waals surface area contributed by atoms with Gasteiger partial charge in [-0.2, -0.15) is 0 Å². The second kappa shape index (κ2) is 5.47.